The van der Waals surface area contributed by atoms with E-state index in [4.69, 9.17) is 9.47 Å². The Labute approximate surface area is 149 Å². The van der Waals surface area contributed by atoms with Crippen LogP contribution in [-0.4, -0.2) is 38.1 Å². The molecule has 0 aromatic heterocycles. The van der Waals surface area contributed by atoms with Crippen LogP contribution in [0, 0.1) is 5.92 Å². The highest BCUT2D eigenvalue weighted by Crippen LogP contribution is 2.28. The summed E-state index contributed by atoms with van der Waals surface area (Å²) in [6.07, 6.45) is 3.16. The van der Waals surface area contributed by atoms with Crippen LogP contribution in [0.1, 0.15) is 28.8 Å². The average molecular weight is 339 g/mol. The molecule has 2 aromatic rings. The third-order valence-corrected chi connectivity index (χ3v) is 4.91. The van der Waals surface area contributed by atoms with Crippen LogP contribution in [0.25, 0.3) is 0 Å². The standard InChI is InChI=1S/C21H25NO3/c1-24-18-8-9-20(25-2)19(15-18)21(23)22-12-10-17(11-13-22)14-16-6-4-3-5-7-16/h3-9,15,17H,10-14H2,1-2H3. The average Bonchev–Trinajstić information content (AvgIpc) is 2.68. The summed E-state index contributed by atoms with van der Waals surface area (Å²) in [6, 6.07) is 15.9. The molecule has 1 amide bonds. The van der Waals surface area contributed by atoms with Gasteiger partial charge in [-0.05, 0) is 48.9 Å². The summed E-state index contributed by atoms with van der Waals surface area (Å²) in [5.74, 6) is 1.92. The molecule has 4 heteroatoms. The Morgan fingerprint density at radius 2 is 1.76 bits per heavy atom. The van der Waals surface area contributed by atoms with Gasteiger partial charge >= 0.3 is 0 Å². The number of carbonyl (C=O) groups excluding carboxylic acids is 1. The molecule has 0 atom stereocenters. The first-order valence-corrected chi connectivity index (χ1v) is 8.76. The van der Waals surface area contributed by atoms with E-state index in [2.05, 4.69) is 24.3 Å². The summed E-state index contributed by atoms with van der Waals surface area (Å²) in [6.45, 7) is 1.58. The first-order valence-electron chi connectivity index (χ1n) is 8.76. The lowest BCUT2D eigenvalue weighted by molar-refractivity contribution is 0.0687. The molecular formula is C21H25NO3. The van der Waals surface area contributed by atoms with Crippen LogP contribution in [0.5, 0.6) is 11.5 Å². The maximum Gasteiger partial charge on any atom is 0.257 e. The number of hydrogen-bond donors (Lipinski definition) is 0. The quantitative estimate of drug-likeness (QED) is 0.832. The van der Waals surface area contributed by atoms with Gasteiger partial charge in [-0.25, -0.2) is 0 Å². The largest absolute Gasteiger partial charge is 0.497 e. The van der Waals surface area contributed by atoms with Crippen molar-refractivity contribution in [1.29, 1.82) is 0 Å². The van der Waals surface area contributed by atoms with Crippen molar-refractivity contribution in [3.8, 4) is 11.5 Å². The number of hydrogen-bond acceptors (Lipinski definition) is 3. The van der Waals surface area contributed by atoms with Crippen LogP contribution in [0.4, 0.5) is 0 Å². The third kappa shape index (κ3) is 4.13. The van der Waals surface area contributed by atoms with Crippen molar-refractivity contribution in [2.24, 2.45) is 5.92 Å². The molecule has 0 bridgehead atoms. The molecule has 132 valence electrons. The van der Waals surface area contributed by atoms with Gasteiger partial charge in [0.15, 0.2) is 0 Å². The summed E-state index contributed by atoms with van der Waals surface area (Å²) in [4.78, 5) is 14.8. The van der Waals surface area contributed by atoms with Gasteiger partial charge in [-0.15, -0.1) is 0 Å². The topological polar surface area (TPSA) is 38.8 Å². The molecule has 0 aliphatic carbocycles. The van der Waals surface area contributed by atoms with E-state index >= 15 is 0 Å². The van der Waals surface area contributed by atoms with Gasteiger partial charge in [-0.1, -0.05) is 30.3 Å². The molecule has 1 aliphatic rings. The molecule has 0 N–H and O–H groups in total. The second-order valence-electron chi connectivity index (χ2n) is 6.49. The molecule has 1 aliphatic heterocycles. The van der Waals surface area contributed by atoms with Crippen molar-refractivity contribution in [1.82, 2.24) is 4.90 Å². The van der Waals surface area contributed by atoms with Gasteiger partial charge in [0.05, 0.1) is 19.8 Å². The van der Waals surface area contributed by atoms with Gasteiger partial charge in [0.2, 0.25) is 0 Å². The smallest absolute Gasteiger partial charge is 0.257 e. The zero-order valence-electron chi connectivity index (χ0n) is 14.9. The predicted octanol–water partition coefficient (Wildman–Crippen LogP) is 3.80. The maximum atomic E-state index is 12.9. The van der Waals surface area contributed by atoms with Gasteiger partial charge in [-0.2, -0.15) is 0 Å². The molecule has 0 radical (unpaired) electrons. The number of carbonyl (C=O) groups is 1. The Kier molecular flexibility index (Phi) is 5.59. The Balaban J connectivity index is 1.63. The summed E-state index contributed by atoms with van der Waals surface area (Å²) in [5, 5.41) is 0. The Morgan fingerprint density at radius 1 is 1.04 bits per heavy atom. The molecule has 3 rings (SSSR count). The van der Waals surface area contributed by atoms with Crippen molar-refractivity contribution in [3.63, 3.8) is 0 Å². The van der Waals surface area contributed by atoms with Crippen molar-refractivity contribution >= 4 is 5.91 Å². The highest BCUT2D eigenvalue weighted by atomic mass is 16.5. The van der Waals surface area contributed by atoms with Gasteiger partial charge < -0.3 is 14.4 Å². The van der Waals surface area contributed by atoms with Gasteiger partial charge in [0.1, 0.15) is 11.5 Å². The molecule has 25 heavy (non-hydrogen) atoms. The number of methoxy groups -OCH3 is 2. The van der Waals surface area contributed by atoms with Crippen LogP contribution in [0.3, 0.4) is 0 Å². The fraction of sp³-hybridized carbons (Fsp3) is 0.381. The number of amides is 1. The van der Waals surface area contributed by atoms with E-state index in [1.165, 1.54) is 5.56 Å². The maximum absolute atomic E-state index is 12.9. The normalized spacial score (nSPS) is 15.0. The molecular weight excluding hydrogens is 314 g/mol. The predicted molar refractivity (Wildman–Crippen MR) is 98.3 cm³/mol. The molecule has 2 aromatic carbocycles. The first kappa shape index (κ1) is 17.3. The fourth-order valence-corrected chi connectivity index (χ4v) is 3.44. The summed E-state index contributed by atoms with van der Waals surface area (Å²) in [5.41, 5.74) is 1.95. The Morgan fingerprint density at radius 3 is 2.40 bits per heavy atom. The van der Waals surface area contributed by atoms with E-state index in [0.29, 0.717) is 23.0 Å². The highest BCUT2D eigenvalue weighted by molar-refractivity contribution is 5.97. The summed E-state index contributed by atoms with van der Waals surface area (Å²) in [7, 11) is 3.19. The minimum absolute atomic E-state index is 0.0221. The number of likely N-dealkylation sites (tertiary alicyclic amines) is 1. The zero-order valence-corrected chi connectivity index (χ0v) is 14.9. The minimum atomic E-state index is 0.0221. The molecule has 1 saturated heterocycles. The van der Waals surface area contributed by atoms with Crippen molar-refractivity contribution in [2.75, 3.05) is 27.3 Å². The monoisotopic (exact) mass is 339 g/mol. The number of ether oxygens (including phenoxy) is 2. The Bertz CT molecular complexity index is 706. The van der Waals surface area contributed by atoms with Crippen LogP contribution in [-0.2, 0) is 6.42 Å². The molecule has 0 unspecified atom stereocenters. The lowest BCUT2D eigenvalue weighted by atomic mass is 9.90. The molecule has 1 heterocycles. The van der Waals surface area contributed by atoms with Crippen LogP contribution in [0.15, 0.2) is 48.5 Å². The van der Waals surface area contributed by atoms with E-state index in [-0.39, 0.29) is 5.91 Å². The summed E-state index contributed by atoms with van der Waals surface area (Å²) >= 11 is 0. The van der Waals surface area contributed by atoms with E-state index < -0.39 is 0 Å². The van der Waals surface area contributed by atoms with E-state index in [1.54, 1.807) is 26.4 Å². The number of piperidine rings is 1. The fourth-order valence-electron chi connectivity index (χ4n) is 3.44. The number of benzene rings is 2. The van der Waals surface area contributed by atoms with E-state index in [9.17, 15) is 4.79 Å². The van der Waals surface area contributed by atoms with Crippen LogP contribution >= 0.6 is 0 Å². The second-order valence-corrected chi connectivity index (χ2v) is 6.49. The third-order valence-electron chi connectivity index (χ3n) is 4.91. The van der Waals surface area contributed by atoms with E-state index in [0.717, 1.165) is 32.4 Å². The van der Waals surface area contributed by atoms with Gasteiger partial charge in [0.25, 0.3) is 5.91 Å². The van der Waals surface area contributed by atoms with E-state index in [1.807, 2.05) is 17.0 Å². The first-order chi connectivity index (χ1) is 12.2. The second kappa shape index (κ2) is 8.06. The van der Waals surface area contributed by atoms with Gasteiger partial charge in [0, 0.05) is 13.1 Å². The summed E-state index contributed by atoms with van der Waals surface area (Å²) < 4.78 is 10.6. The number of rotatable bonds is 5. The lowest BCUT2D eigenvalue weighted by Crippen LogP contribution is -2.39. The highest BCUT2D eigenvalue weighted by Gasteiger charge is 2.26. The van der Waals surface area contributed by atoms with Crippen molar-refractivity contribution < 1.29 is 14.3 Å². The van der Waals surface area contributed by atoms with Crippen molar-refractivity contribution in [3.05, 3.63) is 59.7 Å². The molecule has 4 nitrogen and oxygen atoms in total. The minimum Gasteiger partial charge on any atom is -0.497 e. The molecule has 1 fully saturated rings. The SMILES string of the molecule is COc1ccc(OC)c(C(=O)N2CCC(Cc3ccccc3)CC2)c1. The Hall–Kier alpha value is -2.49. The lowest BCUT2D eigenvalue weighted by Gasteiger charge is -2.32. The van der Waals surface area contributed by atoms with Crippen molar-refractivity contribution in [2.45, 2.75) is 19.3 Å². The molecule has 0 spiro atoms. The van der Waals surface area contributed by atoms with Crippen LogP contribution in [0.2, 0.25) is 0 Å². The van der Waals surface area contributed by atoms with Gasteiger partial charge in [-0.3, -0.25) is 4.79 Å². The zero-order chi connectivity index (χ0) is 17.6. The number of nitrogens with zero attached hydrogens (tertiary/aromatic N) is 1. The van der Waals surface area contributed by atoms with Crippen LogP contribution < -0.4 is 9.47 Å². The molecule has 0 saturated carbocycles.